The third kappa shape index (κ3) is 6.08. The van der Waals surface area contributed by atoms with Gasteiger partial charge in [-0.25, -0.2) is 21.1 Å². The van der Waals surface area contributed by atoms with E-state index in [4.69, 9.17) is 16.3 Å². The summed E-state index contributed by atoms with van der Waals surface area (Å²) >= 11 is 6.10. The number of ether oxygens (including phenoxy) is 1. The normalized spacial score (nSPS) is 18.4. The number of piperidine rings is 1. The molecule has 0 aliphatic carbocycles. The summed E-state index contributed by atoms with van der Waals surface area (Å²) in [6, 6.07) is 11.3. The van der Waals surface area contributed by atoms with Gasteiger partial charge in [0.05, 0.1) is 12.9 Å². The molecule has 0 radical (unpaired) electrons. The number of sulfone groups is 1. The van der Waals surface area contributed by atoms with E-state index in [2.05, 4.69) is 4.90 Å². The van der Waals surface area contributed by atoms with Gasteiger partial charge >= 0.3 is 0 Å². The third-order valence-corrected chi connectivity index (χ3v) is 8.94. The monoisotopic (exact) mass is 512 g/mol. The molecule has 1 fully saturated rings. The van der Waals surface area contributed by atoms with E-state index in [0.717, 1.165) is 23.7 Å². The van der Waals surface area contributed by atoms with Crippen LogP contribution in [0.5, 0.6) is 5.75 Å². The molecule has 0 atom stereocenters. The van der Waals surface area contributed by atoms with E-state index in [-0.39, 0.29) is 10.8 Å². The summed E-state index contributed by atoms with van der Waals surface area (Å²) in [4.78, 5) is 2.44. The van der Waals surface area contributed by atoms with Crippen LogP contribution in [0.4, 0.5) is 0 Å². The van der Waals surface area contributed by atoms with Crippen molar-refractivity contribution in [2.75, 3.05) is 32.2 Å². The third-order valence-electron chi connectivity index (χ3n) is 6.29. The van der Waals surface area contributed by atoms with E-state index < -0.39 is 19.9 Å². The zero-order valence-electron chi connectivity index (χ0n) is 18.8. The molecule has 2 heterocycles. The first-order valence-corrected chi connectivity index (χ1v) is 15.0. The van der Waals surface area contributed by atoms with Crippen molar-refractivity contribution in [3.63, 3.8) is 0 Å². The van der Waals surface area contributed by atoms with Gasteiger partial charge in [0, 0.05) is 44.0 Å². The first-order chi connectivity index (χ1) is 15.5. The van der Waals surface area contributed by atoms with Crippen molar-refractivity contribution in [1.82, 2.24) is 9.21 Å². The number of hydrogen-bond donors (Lipinski definition) is 0. The molecule has 1 saturated heterocycles. The zero-order valence-corrected chi connectivity index (χ0v) is 21.2. The summed E-state index contributed by atoms with van der Waals surface area (Å²) in [6.45, 7) is 3.49. The molecule has 0 aromatic heterocycles. The lowest BCUT2D eigenvalue weighted by atomic mass is 9.99. The fraction of sp³-hybridized carbons (Fsp3) is 0.478. The van der Waals surface area contributed by atoms with E-state index in [0.29, 0.717) is 44.8 Å². The highest BCUT2D eigenvalue weighted by molar-refractivity contribution is 7.90. The second kappa shape index (κ2) is 9.54. The Morgan fingerprint density at radius 1 is 0.970 bits per heavy atom. The van der Waals surface area contributed by atoms with Crippen molar-refractivity contribution in [3.8, 4) is 5.75 Å². The van der Waals surface area contributed by atoms with E-state index in [1.807, 2.05) is 24.3 Å². The maximum Gasteiger partial charge on any atom is 0.211 e. The molecule has 0 spiro atoms. The first-order valence-electron chi connectivity index (χ1n) is 10.9. The topological polar surface area (TPSA) is 84.0 Å². The lowest BCUT2D eigenvalue weighted by Crippen LogP contribution is -2.39. The van der Waals surface area contributed by atoms with Crippen LogP contribution in [0.25, 0.3) is 0 Å². The highest BCUT2D eigenvalue weighted by Crippen LogP contribution is 2.30. The molecule has 0 bridgehead atoms. The predicted molar refractivity (Wildman–Crippen MR) is 129 cm³/mol. The Morgan fingerprint density at radius 3 is 2.33 bits per heavy atom. The average Bonchev–Trinajstić information content (AvgIpc) is 3.13. The number of fused-ring (bicyclic) bond motifs is 1. The van der Waals surface area contributed by atoms with Crippen LogP contribution >= 0.6 is 11.6 Å². The van der Waals surface area contributed by atoms with Gasteiger partial charge in [0.15, 0.2) is 9.84 Å². The van der Waals surface area contributed by atoms with Gasteiger partial charge in [0.25, 0.3) is 0 Å². The molecule has 4 rings (SSSR count). The number of rotatable bonds is 7. The van der Waals surface area contributed by atoms with E-state index in [1.165, 1.54) is 27.9 Å². The lowest BCUT2D eigenvalue weighted by molar-refractivity contribution is 0.183. The molecule has 10 heteroatoms. The molecule has 33 heavy (non-hydrogen) atoms. The molecule has 2 aromatic carbocycles. The van der Waals surface area contributed by atoms with Crippen molar-refractivity contribution in [2.45, 2.75) is 37.4 Å². The standard InChI is InChI=1S/C23H29ClN2O5S2/c1-32(27,28)23-11-18(13-25-14-19-4-5-21(24)12-20(19)15-25)3-6-22(23)31-16-17-7-9-26(10-8-17)33(2,29)30/h3-6,11-12,17H,7-10,13-16H2,1-2H3. The molecule has 180 valence electrons. The van der Waals surface area contributed by atoms with Gasteiger partial charge in [0.2, 0.25) is 10.0 Å². The maximum atomic E-state index is 12.5. The minimum absolute atomic E-state index is 0.185. The lowest BCUT2D eigenvalue weighted by Gasteiger charge is -2.30. The summed E-state index contributed by atoms with van der Waals surface area (Å²) in [6.07, 6.45) is 3.80. The Bertz CT molecular complexity index is 1240. The molecule has 2 aliphatic heterocycles. The van der Waals surface area contributed by atoms with Crippen LogP contribution in [0.15, 0.2) is 41.3 Å². The largest absolute Gasteiger partial charge is 0.492 e. The zero-order chi connectivity index (χ0) is 23.8. The van der Waals surface area contributed by atoms with Crippen molar-refractivity contribution in [3.05, 3.63) is 58.1 Å². The van der Waals surface area contributed by atoms with Crippen molar-refractivity contribution in [2.24, 2.45) is 5.92 Å². The fourth-order valence-electron chi connectivity index (χ4n) is 4.48. The number of hydrogen-bond acceptors (Lipinski definition) is 6. The first kappa shape index (κ1) is 24.5. The Hall–Kier alpha value is -1.65. The van der Waals surface area contributed by atoms with Gasteiger partial charge in [-0.05, 0) is 59.7 Å². The molecular formula is C23H29ClN2O5S2. The van der Waals surface area contributed by atoms with Crippen molar-refractivity contribution < 1.29 is 21.6 Å². The summed E-state index contributed by atoms with van der Waals surface area (Å²) in [5, 5.41) is 0.721. The number of halogens is 1. The second-order valence-electron chi connectivity index (χ2n) is 9.03. The fourth-order valence-corrected chi connectivity index (χ4v) is 6.41. The van der Waals surface area contributed by atoms with Crippen molar-refractivity contribution >= 4 is 31.5 Å². The van der Waals surface area contributed by atoms with Crippen LogP contribution in [-0.4, -0.2) is 58.2 Å². The van der Waals surface area contributed by atoms with E-state index >= 15 is 0 Å². The molecule has 0 saturated carbocycles. The predicted octanol–water partition coefficient (Wildman–Crippen LogP) is 3.31. The van der Waals surface area contributed by atoms with Gasteiger partial charge in [-0.1, -0.05) is 23.7 Å². The maximum absolute atomic E-state index is 12.5. The Kier molecular flexibility index (Phi) is 7.08. The summed E-state index contributed by atoms with van der Waals surface area (Å²) in [5.41, 5.74) is 3.35. The Morgan fingerprint density at radius 2 is 1.67 bits per heavy atom. The molecule has 0 amide bonds. The van der Waals surface area contributed by atoms with Gasteiger partial charge in [-0.2, -0.15) is 0 Å². The van der Waals surface area contributed by atoms with Crippen LogP contribution in [0.2, 0.25) is 5.02 Å². The smallest absolute Gasteiger partial charge is 0.211 e. The van der Waals surface area contributed by atoms with Gasteiger partial charge in [-0.3, -0.25) is 4.90 Å². The quantitative estimate of drug-likeness (QED) is 0.566. The molecule has 0 unspecified atom stereocenters. The summed E-state index contributed by atoms with van der Waals surface area (Å²) in [5.74, 6) is 0.535. The van der Waals surface area contributed by atoms with E-state index in [1.54, 1.807) is 12.1 Å². The van der Waals surface area contributed by atoms with Gasteiger partial charge in [-0.15, -0.1) is 0 Å². The average molecular weight is 513 g/mol. The van der Waals surface area contributed by atoms with Crippen LogP contribution in [-0.2, 0) is 39.5 Å². The summed E-state index contributed by atoms with van der Waals surface area (Å²) < 4.78 is 55.7. The molecule has 7 nitrogen and oxygen atoms in total. The SMILES string of the molecule is CS(=O)(=O)c1cc(CN2Cc3ccc(Cl)cc3C2)ccc1OCC1CCN(S(C)(=O)=O)CC1. The molecule has 2 aliphatic rings. The van der Waals surface area contributed by atoms with E-state index in [9.17, 15) is 16.8 Å². The molecule has 2 aromatic rings. The van der Waals surface area contributed by atoms with Crippen LogP contribution in [0.3, 0.4) is 0 Å². The van der Waals surface area contributed by atoms with Crippen LogP contribution < -0.4 is 4.74 Å². The van der Waals surface area contributed by atoms with Gasteiger partial charge in [0.1, 0.15) is 10.6 Å². The molecular weight excluding hydrogens is 484 g/mol. The van der Waals surface area contributed by atoms with Crippen LogP contribution in [0.1, 0.15) is 29.5 Å². The second-order valence-corrected chi connectivity index (χ2v) is 13.4. The number of sulfonamides is 1. The highest BCUT2D eigenvalue weighted by Gasteiger charge is 2.26. The highest BCUT2D eigenvalue weighted by atomic mass is 35.5. The number of benzene rings is 2. The Labute approximate surface area is 201 Å². The molecule has 0 N–H and O–H groups in total. The van der Waals surface area contributed by atoms with Gasteiger partial charge < -0.3 is 4.74 Å². The minimum Gasteiger partial charge on any atom is -0.492 e. The summed E-state index contributed by atoms with van der Waals surface area (Å²) in [7, 11) is -6.65. The van der Waals surface area contributed by atoms with Crippen molar-refractivity contribution in [1.29, 1.82) is 0 Å². The number of nitrogens with zero attached hydrogens (tertiary/aromatic N) is 2. The minimum atomic E-state index is -3.48. The van der Waals surface area contributed by atoms with Crippen LogP contribution in [0, 0.1) is 5.92 Å². The Balaban J connectivity index is 1.41.